The Morgan fingerprint density at radius 2 is 2.31 bits per heavy atom. The molecule has 5 nitrogen and oxygen atoms in total. The van der Waals surface area contributed by atoms with Gasteiger partial charge < -0.3 is 4.74 Å². The smallest absolute Gasteiger partial charge is 0.233 e. The van der Waals surface area contributed by atoms with E-state index in [9.17, 15) is 4.79 Å². The summed E-state index contributed by atoms with van der Waals surface area (Å²) in [6.07, 6.45) is 1.95. The Morgan fingerprint density at radius 1 is 1.54 bits per heavy atom. The second kappa shape index (κ2) is 4.20. The first-order chi connectivity index (χ1) is 6.31. The molecule has 1 rings (SSSR count). The molecule has 0 unspecified atom stereocenters. The van der Waals surface area contributed by atoms with Gasteiger partial charge in [-0.15, -0.1) is 10.2 Å². The van der Waals surface area contributed by atoms with Gasteiger partial charge in [0.15, 0.2) is 5.82 Å². The van der Waals surface area contributed by atoms with Gasteiger partial charge in [-0.1, -0.05) is 6.58 Å². The van der Waals surface area contributed by atoms with Gasteiger partial charge in [-0.25, -0.2) is 0 Å². The van der Waals surface area contributed by atoms with Crippen molar-refractivity contribution in [1.29, 1.82) is 0 Å². The van der Waals surface area contributed by atoms with Crippen LogP contribution in [0.15, 0.2) is 24.9 Å². The minimum absolute atomic E-state index is 0.402. The minimum Gasteiger partial charge on any atom is -0.480 e. The van der Waals surface area contributed by atoms with Gasteiger partial charge in [-0.05, 0) is 6.07 Å². The van der Waals surface area contributed by atoms with Gasteiger partial charge in [0.25, 0.3) is 0 Å². The Hall–Kier alpha value is -1.91. The van der Waals surface area contributed by atoms with Gasteiger partial charge in [-0.2, -0.15) is 0 Å². The molecule has 0 saturated heterocycles. The van der Waals surface area contributed by atoms with E-state index >= 15 is 0 Å². The topological polar surface area (TPSA) is 55.3 Å². The molecule has 0 saturated carbocycles. The maximum Gasteiger partial charge on any atom is 0.233 e. The lowest BCUT2D eigenvalue weighted by molar-refractivity contribution is -0.107. The number of aromatic nitrogens is 2. The highest BCUT2D eigenvalue weighted by Crippen LogP contribution is 2.10. The van der Waals surface area contributed by atoms with E-state index in [4.69, 9.17) is 4.74 Å². The van der Waals surface area contributed by atoms with Crippen LogP contribution in [0, 0.1) is 0 Å². The summed E-state index contributed by atoms with van der Waals surface area (Å²) < 4.78 is 4.81. The Kier molecular flexibility index (Phi) is 2.97. The summed E-state index contributed by atoms with van der Waals surface area (Å²) in [5.74, 6) is 0.810. The normalized spacial score (nSPS) is 9.00. The molecule has 0 aliphatic heterocycles. The quantitative estimate of drug-likeness (QED) is 0.635. The molecule has 0 N–H and O–H groups in total. The predicted octanol–water partition coefficient (Wildman–Crippen LogP) is 0.591. The Bertz CT molecular complexity index is 289. The average Bonchev–Trinajstić information content (AvgIpc) is 2.21. The molecule has 13 heavy (non-hydrogen) atoms. The lowest BCUT2D eigenvalue weighted by Crippen LogP contribution is -2.14. The van der Waals surface area contributed by atoms with Crippen LogP contribution in [0.25, 0.3) is 0 Å². The molecule has 5 heteroatoms. The van der Waals surface area contributed by atoms with Crippen molar-refractivity contribution in [3.05, 3.63) is 24.9 Å². The summed E-state index contributed by atoms with van der Waals surface area (Å²) in [7, 11) is 1.49. The molecule has 0 aliphatic carbocycles. The summed E-state index contributed by atoms with van der Waals surface area (Å²) in [6, 6.07) is 3.23. The predicted molar refractivity (Wildman–Crippen MR) is 47.3 cm³/mol. The second-order valence-corrected chi connectivity index (χ2v) is 2.13. The summed E-state index contributed by atoms with van der Waals surface area (Å²) in [4.78, 5) is 11.7. The fourth-order valence-electron chi connectivity index (χ4n) is 0.750. The lowest BCUT2D eigenvalue weighted by Gasteiger charge is -2.08. The standard InChI is InChI=1S/C8H9N3O2/c1-3-11(6-12)7-4-5-8(13-2)10-9-7/h3-6H,1H2,2H3. The number of hydrogen-bond acceptors (Lipinski definition) is 4. The van der Waals surface area contributed by atoms with Gasteiger partial charge in [0, 0.05) is 12.3 Å². The van der Waals surface area contributed by atoms with Crippen molar-refractivity contribution in [2.75, 3.05) is 12.0 Å². The van der Waals surface area contributed by atoms with Crippen molar-refractivity contribution >= 4 is 12.2 Å². The van der Waals surface area contributed by atoms with Crippen LogP contribution in [-0.2, 0) is 4.79 Å². The number of carbonyl (C=O) groups excluding carboxylic acids is 1. The van der Waals surface area contributed by atoms with Crippen LogP contribution in [0.4, 0.5) is 5.82 Å². The monoisotopic (exact) mass is 179 g/mol. The van der Waals surface area contributed by atoms with Gasteiger partial charge in [0.2, 0.25) is 12.3 Å². The minimum atomic E-state index is 0.402. The van der Waals surface area contributed by atoms with Gasteiger partial charge in [0.05, 0.1) is 7.11 Å². The number of amides is 1. The first kappa shape index (κ1) is 9.18. The van der Waals surface area contributed by atoms with Crippen molar-refractivity contribution in [2.24, 2.45) is 0 Å². The molecule has 68 valence electrons. The Balaban J connectivity index is 2.90. The van der Waals surface area contributed by atoms with Crippen LogP contribution in [0.1, 0.15) is 0 Å². The van der Waals surface area contributed by atoms with Crippen molar-refractivity contribution in [2.45, 2.75) is 0 Å². The Morgan fingerprint density at radius 3 is 2.69 bits per heavy atom. The van der Waals surface area contributed by atoms with Crippen molar-refractivity contribution in [1.82, 2.24) is 10.2 Å². The van der Waals surface area contributed by atoms with E-state index in [-0.39, 0.29) is 0 Å². The third kappa shape index (κ3) is 2.02. The fraction of sp³-hybridized carbons (Fsp3) is 0.125. The molecule has 1 aromatic heterocycles. The van der Waals surface area contributed by atoms with E-state index in [0.717, 1.165) is 0 Å². The maximum absolute atomic E-state index is 10.4. The van der Waals surface area contributed by atoms with Crippen LogP contribution < -0.4 is 9.64 Å². The zero-order valence-electron chi connectivity index (χ0n) is 7.17. The molecule has 0 spiro atoms. The fourth-order valence-corrected chi connectivity index (χ4v) is 0.750. The van der Waals surface area contributed by atoms with Crippen molar-refractivity contribution in [3.8, 4) is 5.88 Å². The van der Waals surface area contributed by atoms with Crippen LogP contribution in [0.2, 0.25) is 0 Å². The zero-order valence-corrected chi connectivity index (χ0v) is 7.17. The van der Waals surface area contributed by atoms with Crippen LogP contribution in [0.5, 0.6) is 5.88 Å². The molecule has 1 aromatic rings. The van der Waals surface area contributed by atoms with Crippen molar-refractivity contribution < 1.29 is 9.53 Å². The van der Waals surface area contributed by atoms with Gasteiger partial charge in [-0.3, -0.25) is 9.69 Å². The van der Waals surface area contributed by atoms with E-state index in [1.54, 1.807) is 12.1 Å². The highest BCUT2D eigenvalue weighted by Gasteiger charge is 2.02. The SMILES string of the molecule is C=CN(C=O)c1ccc(OC)nn1. The molecule has 0 radical (unpaired) electrons. The lowest BCUT2D eigenvalue weighted by atomic mass is 10.5. The summed E-state index contributed by atoms with van der Waals surface area (Å²) >= 11 is 0. The number of anilines is 1. The van der Waals surface area contributed by atoms with Crippen molar-refractivity contribution in [3.63, 3.8) is 0 Å². The first-order valence-corrected chi connectivity index (χ1v) is 3.55. The van der Waals surface area contributed by atoms with E-state index in [1.165, 1.54) is 18.2 Å². The molecule has 1 amide bonds. The van der Waals surface area contributed by atoms with E-state index in [2.05, 4.69) is 16.8 Å². The summed E-state index contributed by atoms with van der Waals surface area (Å²) in [6.45, 7) is 3.45. The number of hydrogen-bond donors (Lipinski definition) is 0. The molecule has 0 atom stereocenters. The zero-order chi connectivity index (χ0) is 9.68. The molecular formula is C8H9N3O2. The molecule has 0 bridgehead atoms. The first-order valence-electron chi connectivity index (χ1n) is 3.55. The number of methoxy groups -OCH3 is 1. The van der Waals surface area contributed by atoms with Gasteiger partial charge >= 0.3 is 0 Å². The summed E-state index contributed by atoms with van der Waals surface area (Å²) in [5.41, 5.74) is 0. The van der Waals surface area contributed by atoms with Gasteiger partial charge in [0.1, 0.15) is 0 Å². The molecule has 1 heterocycles. The van der Waals surface area contributed by atoms with E-state index in [1.807, 2.05) is 0 Å². The molecule has 0 aliphatic rings. The van der Waals surface area contributed by atoms with E-state index in [0.29, 0.717) is 18.1 Å². The number of nitrogens with zero attached hydrogens (tertiary/aromatic N) is 3. The molecular weight excluding hydrogens is 170 g/mol. The molecule has 0 aromatic carbocycles. The third-order valence-electron chi connectivity index (χ3n) is 1.41. The van der Waals surface area contributed by atoms with E-state index < -0.39 is 0 Å². The van der Waals surface area contributed by atoms with Crippen LogP contribution >= 0.6 is 0 Å². The average molecular weight is 179 g/mol. The number of ether oxygens (including phenoxy) is 1. The second-order valence-electron chi connectivity index (χ2n) is 2.13. The third-order valence-corrected chi connectivity index (χ3v) is 1.41. The summed E-state index contributed by atoms with van der Waals surface area (Å²) in [5, 5.41) is 7.43. The largest absolute Gasteiger partial charge is 0.480 e. The highest BCUT2D eigenvalue weighted by atomic mass is 16.5. The maximum atomic E-state index is 10.4. The number of carbonyl (C=O) groups is 1. The molecule has 0 fully saturated rings. The van der Waals surface area contributed by atoms with Crippen LogP contribution in [-0.4, -0.2) is 23.7 Å². The Labute approximate surface area is 75.6 Å². The number of rotatable bonds is 4. The highest BCUT2D eigenvalue weighted by molar-refractivity contribution is 5.74. The van der Waals surface area contributed by atoms with Crippen LogP contribution in [0.3, 0.4) is 0 Å².